The molecule has 0 fully saturated rings. The number of nitrogens with zero attached hydrogens (tertiary/aromatic N) is 1. The third-order valence-electron chi connectivity index (χ3n) is 4.55. The van der Waals surface area contributed by atoms with Gasteiger partial charge in [-0.15, -0.1) is 0 Å². The number of para-hydroxylation sites is 1. The molecule has 29 heavy (non-hydrogen) atoms. The lowest BCUT2D eigenvalue weighted by atomic mass is 10.1. The fraction of sp³-hybridized carbons (Fsp3) is 0.125. The van der Waals surface area contributed by atoms with E-state index in [0.29, 0.717) is 28.9 Å². The van der Waals surface area contributed by atoms with E-state index in [4.69, 9.17) is 0 Å². The molecule has 0 radical (unpaired) electrons. The van der Waals surface area contributed by atoms with Gasteiger partial charge in [-0.05, 0) is 62.4 Å². The van der Waals surface area contributed by atoms with Crippen LogP contribution in [0, 0.1) is 0 Å². The van der Waals surface area contributed by atoms with Gasteiger partial charge in [0.15, 0.2) is 5.78 Å². The van der Waals surface area contributed by atoms with Crippen molar-refractivity contribution in [1.29, 1.82) is 0 Å². The maximum atomic E-state index is 12.8. The number of nitrogens with one attached hydrogen (secondary N) is 1. The lowest BCUT2D eigenvalue weighted by Gasteiger charge is -2.21. The molecule has 0 saturated carbocycles. The third-order valence-corrected chi connectivity index (χ3v) is 4.55. The van der Waals surface area contributed by atoms with Gasteiger partial charge in [-0.2, -0.15) is 0 Å². The van der Waals surface area contributed by atoms with E-state index >= 15 is 0 Å². The van der Waals surface area contributed by atoms with Gasteiger partial charge < -0.3 is 10.2 Å². The smallest absolute Gasteiger partial charge is 0.258 e. The Morgan fingerprint density at radius 2 is 1.45 bits per heavy atom. The van der Waals surface area contributed by atoms with Crippen LogP contribution in [0.2, 0.25) is 0 Å². The van der Waals surface area contributed by atoms with Crippen molar-refractivity contribution in [2.75, 3.05) is 16.8 Å². The Morgan fingerprint density at radius 3 is 2.07 bits per heavy atom. The lowest BCUT2D eigenvalue weighted by Crippen LogP contribution is -2.30. The first kappa shape index (κ1) is 20.0. The van der Waals surface area contributed by atoms with E-state index in [2.05, 4.69) is 5.32 Å². The molecule has 0 aromatic heterocycles. The van der Waals surface area contributed by atoms with Gasteiger partial charge in [0.25, 0.3) is 11.8 Å². The summed E-state index contributed by atoms with van der Waals surface area (Å²) in [4.78, 5) is 38.5. The summed E-state index contributed by atoms with van der Waals surface area (Å²) in [6.45, 7) is 3.94. The van der Waals surface area contributed by atoms with Crippen LogP contribution in [0.3, 0.4) is 0 Å². The fourth-order valence-corrected chi connectivity index (χ4v) is 2.99. The summed E-state index contributed by atoms with van der Waals surface area (Å²) in [5.74, 6) is -0.497. The zero-order valence-corrected chi connectivity index (χ0v) is 16.4. The van der Waals surface area contributed by atoms with Crippen LogP contribution >= 0.6 is 0 Å². The van der Waals surface area contributed by atoms with Gasteiger partial charge in [-0.1, -0.05) is 30.3 Å². The van der Waals surface area contributed by atoms with Crippen LogP contribution in [0.25, 0.3) is 0 Å². The Kier molecular flexibility index (Phi) is 6.19. The molecule has 0 aliphatic heterocycles. The molecule has 0 atom stereocenters. The number of hydrogen-bond acceptors (Lipinski definition) is 3. The monoisotopic (exact) mass is 386 g/mol. The van der Waals surface area contributed by atoms with Crippen LogP contribution in [0.5, 0.6) is 0 Å². The zero-order valence-electron chi connectivity index (χ0n) is 16.4. The summed E-state index contributed by atoms with van der Waals surface area (Å²) in [5, 5.41) is 2.78. The molecule has 0 aliphatic rings. The molecular formula is C24H22N2O3. The maximum Gasteiger partial charge on any atom is 0.258 e. The van der Waals surface area contributed by atoms with Crippen molar-refractivity contribution < 1.29 is 14.4 Å². The highest BCUT2D eigenvalue weighted by atomic mass is 16.2. The Bertz CT molecular complexity index is 1030. The highest BCUT2D eigenvalue weighted by Gasteiger charge is 2.16. The van der Waals surface area contributed by atoms with Crippen molar-refractivity contribution in [3.05, 3.63) is 95.6 Å². The lowest BCUT2D eigenvalue weighted by molar-refractivity contribution is 0.0984. The van der Waals surface area contributed by atoms with E-state index in [1.807, 2.05) is 37.3 Å². The second-order valence-electron chi connectivity index (χ2n) is 6.55. The Morgan fingerprint density at radius 1 is 0.793 bits per heavy atom. The molecule has 2 amide bonds. The topological polar surface area (TPSA) is 66.5 Å². The molecule has 146 valence electrons. The number of carbonyl (C=O) groups excluding carboxylic acids is 3. The average molecular weight is 386 g/mol. The predicted molar refractivity (Wildman–Crippen MR) is 115 cm³/mol. The van der Waals surface area contributed by atoms with Crippen LogP contribution < -0.4 is 10.2 Å². The number of carbonyl (C=O) groups is 3. The first-order chi connectivity index (χ1) is 14.0. The van der Waals surface area contributed by atoms with Gasteiger partial charge in [-0.3, -0.25) is 14.4 Å². The molecular weight excluding hydrogens is 364 g/mol. The van der Waals surface area contributed by atoms with Crippen LogP contribution in [0.15, 0.2) is 78.9 Å². The quantitative estimate of drug-likeness (QED) is 0.618. The van der Waals surface area contributed by atoms with Crippen molar-refractivity contribution >= 4 is 29.0 Å². The van der Waals surface area contributed by atoms with E-state index in [-0.39, 0.29) is 17.6 Å². The molecule has 0 spiro atoms. The molecule has 5 nitrogen and oxygen atoms in total. The van der Waals surface area contributed by atoms with E-state index < -0.39 is 0 Å². The molecule has 0 unspecified atom stereocenters. The van der Waals surface area contributed by atoms with Crippen molar-refractivity contribution in [3.63, 3.8) is 0 Å². The Hall–Kier alpha value is -3.73. The average Bonchev–Trinajstić information content (AvgIpc) is 2.75. The highest BCUT2D eigenvalue weighted by molar-refractivity contribution is 6.08. The summed E-state index contributed by atoms with van der Waals surface area (Å²) in [6.07, 6.45) is 0. The van der Waals surface area contributed by atoms with Crippen LogP contribution in [0.1, 0.15) is 44.9 Å². The predicted octanol–water partition coefficient (Wildman–Crippen LogP) is 4.81. The van der Waals surface area contributed by atoms with Gasteiger partial charge in [0.2, 0.25) is 0 Å². The van der Waals surface area contributed by atoms with E-state index in [1.54, 1.807) is 53.4 Å². The molecule has 0 aliphatic carbocycles. The number of ketones is 1. The van der Waals surface area contributed by atoms with E-state index in [9.17, 15) is 14.4 Å². The molecule has 0 saturated heterocycles. The number of anilines is 2. The summed E-state index contributed by atoms with van der Waals surface area (Å²) in [5.41, 5.74) is 2.84. The minimum Gasteiger partial charge on any atom is -0.322 e. The number of amides is 2. The third kappa shape index (κ3) is 4.76. The normalized spacial score (nSPS) is 10.3. The number of benzene rings is 3. The number of hydrogen-bond donors (Lipinski definition) is 1. The van der Waals surface area contributed by atoms with Crippen molar-refractivity contribution in [3.8, 4) is 0 Å². The van der Waals surface area contributed by atoms with Gasteiger partial charge in [0, 0.05) is 34.6 Å². The van der Waals surface area contributed by atoms with E-state index in [1.165, 1.54) is 6.92 Å². The maximum absolute atomic E-state index is 12.8. The zero-order chi connectivity index (χ0) is 20.8. The van der Waals surface area contributed by atoms with Crippen LogP contribution in [0.4, 0.5) is 11.4 Å². The Balaban J connectivity index is 1.74. The van der Waals surface area contributed by atoms with Crippen molar-refractivity contribution in [1.82, 2.24) is 0 Å². The number of rotatable bonds is 6. The van der Waals surface area contributed by atoms with Gasteiger partial charge in [-0.25, -0.2) is 0 Å². The summed E-state index contributed by atoms with van der Waals surface area (Å²) in [7, 11) is 0. The molecule has 5 heteroatoms. The molecule has 0 bridgehead atoms. The molecule has 3 rings (SSSR count). The van der Waals surface area contributed by atoms with Crippen LogP contribution in [-0.4, -0.2) is 24.1 Å². The van der Waals surface area contributed by atoms with Crippen molar-refractivity contribution in [2.24, 2.45) is 0 Å². The SMILES string of the molecule is CCN(C(=O)c1ccc(C(=O)Nc2cccc(C(C)=O)c2)cc1)c1ccccc1. The second-order valence-corrected chi connectivity index (χ2v) is 6.55. The molecule has 3 aromatic carbocycles. The first-order valence-electron chi connectivity index (χ1n) is 9.39. The van der Waals surface area contributed by atoms with Gasteiger partial charge >= 0.3 is 0 Å². The molecule has 0 heterocycles. The summed E-state index contributed by atoms with van der Waals surface area (Å²) in [6, 6.07) is 22.8. The minimum atomic E-state index is -0.305. The molecule has 3 aromatic rings. The molecule has 1 N–H and O–H groups in total. The number of Topliss-reactive ketones (excluding diaryl/α,β-unsaturated/α-hetero) is 1. The second kappa shape index (κ2) is 8.97. The first-order valence-corrected chi connectivity index (χ1v) is 9.39. The minimum absolute atomic E-state index is 0.0668. The standard InChI is InChI=1S/C24H22N2O3/c1-3-26(22-10-5-4-6-11-22)24(29)19-14-12-18(13-15-19)23(28)25-21-9-7-8-20(16-21)17(2)27/h4-16H,3H2,1-2H3,(H,25,28). The summed E-state index contributed by atoms with van der Waals surface area (Å²) < 4.78 is 0. The van der Waals surface area contributed by atoms with Crippen LogP contribution in [-0.2, 0) is 0 Å². The van der Waals surface area contributed by atoms with Gasteiger partial charge in [0.05, 0.1) is 0 Å². The fourth-order valence-electron chi connectivity index (χ4n) is 2.99. The highest BCUT2D eigenvalue weighted by Crippen LogP contribution is 2.18. The van der Waals surface area contributed by atoms with Gasteiger partial charge in [0.1, 0.15) is 0 Å². The summed E-state index contributed by atoms with van der Waals surface area (Å²) >= 11 is 0. The van der Waals surface area contributed by atoms with Crippen molar-refractivity contribution in [2.45, 2.75) is 13.8 Å². The Labute approximate surface area is 170 Å². The van der Waals surface area contributed by atoms with E-state index in [0.717, 1.165) is 5.69 Å². The largest absolute Gasteiger partial charge is 0.322 e.